The summed E-state index contributed by atoms with van der Waals surface area (Å²) < 4.78 is 56.4. The number of hydrogen-bond donors (Lipinski definition) is 1. The number of likely N-dealkylation sites (tertiary alicyclic amines) is 1. The lowest BCUT2D eigenvalue weighted by atomic mass is 9.80. The second-order valence-electron chi connectivity index (χ2n) is 8.25. The number of piperidine rings is 1. The van der Waals surface area contributed by atoms with Crippen LogP contribution in [0.25, 0.3) is 0 Å². The number of nitrogens with zero attached hydrogens (tertiary/aromatic N) is 1. The third-order valence-corrected chi connectivity index (χ3v) is 6.55. The number of carbonyl (C=O) groups excluding carboxylic acids is 1. The molecule has 2 aromatic rings. The van der Waals surface area contributed by atoms with Crippen molar-refractivity contribution in [2.24, 2.45) is 0 Å². The fourth-order valence-electron chi connectivity index (χ4n) is 4.37. The summed E-state index contributed by atoms with van der Waals surface area (Å²) in [6.45, 7) is 1.25. The zero-order valence-electron chi connectivity index (χ0n) is 19.6. The summed E-state index contributed by atoms with van der Waals surface area (Å²) in [6.07, 6.45) is -2.69. The van der Waals surface area contributed by atoms with Gasteiger partial charge in [-0.1, -0.05) is 30.3 Å². The number of rotatable bonds is 8. The first-order valence-electron chi connectivity index (χ1n) is 10.6. The summed E-state index contributed by atoms with van der Waals surface area (Å²) in [5.41, 5.74) is -0.764. The highest BCUT2D eigenvalue weighted by atomic mass is 32.2. The minimum absolute atomic E-state index is 0.0703. The molecule has 1 fully saturated rings. The number of thioether (sulfide) groups is 1. The molecule has 0 bridgehead atoms. The summed E-state index contributed by atoms with van der Waals surface area (Å²) in [6, 6.07) is 11.3. The average molecular weight is 499 g/mol. The van der Waals surface area contributed by atoms with Crippen molar-refractivity contribution in [2.75, 3.05) is 47.4 Å². The Kier molecular flexibility index (Phi) is 8.51. The number of halogens is 3. The Morgan fingerprint density at radius 1 is 1.24 bits per heavy atom. The number of nitrogens with one attached hydrogen (secondary N) is 1. The van der Waals surface area contributed by atoms with Crippen LogP contribution in [0.15, 0.2) is 47.4 Å². The molecule has 186 valence electrons. The van der Waals surface area contributed by atoms with Crippen LogP contribution in [-0.2, 0) is 21.2 Å². The van der Waals surface area contributed by atoms with Gasteiger partial charge in [-0.15, -0.1) is 11.8 Å². The second-order valence-corrected chi connectivity index (χ2v) is 9.10. The SMILES string of the molecule is COCO[C@@H]1CN(C)C[C@](NC(=O)c2c(OC)cc(C(F)(F)F)cc2SC)(c2ccccc2)C1. The predicted octanol–water partition coefficient (Wildman–Crippen LogP) is 4.39. The topological polar surface area (TPSA) is 60.0 Å². The van der Waals surface area contributed by atoms with Crippen molar-refractivity contribution in [3.05, 3.63) is 59.2 Å². The van der Waals surface area contributed by atoms with Crippen molar-refractivity contribution in [1.29, 1.82) is 0 Å². The Balaban J connectivity index is 2.05. The summed E-state index contributed by atoms with van der Waals surface area (Å²) in [4.78, 5) is 15.9. The Morgan fingerprint density at radius 2 is 1.94 bits per heavy atom. The molecule has 1 aliphatic heterocycles. The summed E-state index contributed by atoms with van der Waals surface area (Å²) in [7, 11) is 4.73. The lowest BCUT2D eigenvalue weighted by Crippen LogP contribution is -2.59. The van der Waals surface area contributed by atoms with Crippen LogP contribution in [0.3, 0.4) is 0 Å². The van der Waals surface area contributed by atoms with Crippen LogP contribution < -0.4 is 10.1 Å². The van der Waals surface area contributed by atoms with Crippen LogP contribution >= 0.6 is 11.8 Å². The van der Waals surface area contributed by atoms with Crippen molar-refractivity contribution >= 4 is 17.7 Å². The van der Waals surface area contributed by atoms with Crippen molar-refractivity contribution in [2.45, 2.75) is 29.1 Å². The molecule has 0 spiro atoms. The highest BCUT2D eigenvalue weighted by Gasteiger charge is 2.43. The Morgan fingerprint density at radius 3 is 2.53 bits per heavy atom. The van der Waals surface area contributed by atoms with E-state index in [4.69, 9.17) is 14.2 Å². The van der Waals surface area contributed by atoms with E-state index >= 15 is 0 Å². The zero-order chi connectivity index (χ0) is 24.9. The maximum absolute atomic E-state index is 13.7. The first-order valence-corrected chi connectivity index (χ1v) is 11.9. The van der Waals surface area contributed by atoms with Gasteiger partial charge in [0.05, 0.1) is 29.9 Å². The van der Waals surface area contributed by atoms with Crippen molar-refractivity contribution < 1.29 is 32.2 Å². The van der Waals surface area contributed by atoms with E-state index in [0.29, 0.717) is 19.5 Å². The van der Waals surface area contributed by atoms with Gasteiger partial charge in [-0.3, -0.25) is 4.79 Å². The third-order valence-electron chi connectivity index (χ3n) is 5.79. The van der Waals surface area contributed by atoms with Crippen molar-refractivity contribution in [3.63, 3.8) is 0 Å². The zero-order valence-corrected chi connectivity index (χ0v) is 20.4. The number of hydrogen-bond acceptors (Lipinski definition) is 6. The van der Waals surface area contributed by atoms with Gasteiger partial charge in [-0.2, -0.15) is 13.2 Å². The van der Waals surface area contributed by atoms with Crippen LogP contribution in [0.2, 0.25) is 0 Å². The first kappa shape index (κ1) is 26.3. The van der Waals surface area contributed by atoms with Crippen LogP contribution in [0, 0.1) is 0 Å². The number of carbonyl (C=O) groups is 1. The van der Waals surface area contributed by atoms with Crippen LogP contribution in [0.5, 0.6) is 5.75 Å². The molecule has 0 saturated carbocycles. The standard InChI is InChI=1S/C24H29F3N2O4S/c1-29-13-18(33-15-31-2)12-23(14-29,16-8-6-5-7-9-16)28-22(30)21-19(32-3)10-17(24(25,26)27)11-20(21)34-4/h5-11,18H,12-15H2,1-4H3,(H,28,30)/t18-,23-/m0/s1. The maximum Gasteiger partial charge on any atom is 0.416 e. The Bertz CT molecular complexity index is 965. The van der Waals surface area contributed by atoms with Gasteiger partial charge in [-0.25, -0.2) is 0 Å². The molecule has 1 saturated heterocycles. The molecule has 6 nitrogen and oxygen atoms in total. The largest absolute Gasteiger partial charge is 0.496 e. The summed E-state index contributed by atoms with van der Waals surface area (Å²) in [5, 5.41) is 3.13. The fraction of sp³-hybridized carbons (Fsp3) is 0.458. The quantitative estimate of drug-likeness (QED) is 0.431. The van der Waals surface area contributed by atoms with Crippen molar-refractivity contribution in [1.82, 2.24) is 10.2 Å². The van der Waals surface area contributed by atoms with Crippen LogP contribution in [-0.4, -0.2) is 64.3 Å². The molecular weight excluding hydrogens is 469 g/mol. The highest BCUT2D eigenvalue weighted by Crippen LogP contribution is 2.39. The number of amides is 1. The van der Waals surface area contributed by atoms with Gasteiger partial charge in [0.1, 0.15) is 12.5 Å². The minimum Gasteiger partial charge on any atom is -0.496 e. The highest BCUT2D eigenvalue weighted by molar-refractivity contribution is 7.98. The van der Waals surface area contributed by atoms with Gasteiger partial charge in [0.2, 0.25) is 0 Å². The summed E-state index contributed by atoms with van der Waals surface area (Å²) >= 11 is 1.06. The van der Waals surface area contributed by atoms with E-state index in [2.05, 4.69) is 10.2 Å². The molecule has 0 aromatic heterocycles. The average Bonchev–Trinajstić information content (AvgIpc) is 2.81. The van der Waals surface area contributed by atoms with E-state index in [1.54, 1.807) is 13.4 Å². The van der Waals surface area contributed by atoms with Gasteiger partial charge in [-0.05, 0) is 31.0 Å². The van der Waals surface area contributed by atoms with Gasteiger partial charge in [0.25, 0.3) is 5.91 Å². The lowest BCUT2D eigenvalue weighted by molar-refractivity contribution is -0.137. The number of likely N-dealkylation sites (N-methyl/N-ethyl adjacent to an activating group) is 1. The van der Waals surface area contributed by atoms with Crippen molar-refractivity contribution in [3.8, 4) is 5.75 Å². The molecule has 1 heterocycles. The van der Waals surface area contributed by atoms with Gasteiger partial charge in [0, 0.05) is 31.5 Å². The number of alkyl halides is 3. The van der Waals surface area contributed by atoms with E-state index in [9.17, 15) is 18.0 Å². The minimum atomic E-state index is -4.56. The maximum atomic E-state index is 13.7. The Hall–Kier alpha value is -2.27. The number of ether oxygens (including phenoxy) is 3. The number of methoxy groups -OCH3 is 2. The molecule has 34 heavy (non-hydrogen) atoms. The Labute approximate surface area is 201 Å². The van der Waals surface area contributed by atoms with E-state index in [-0.39, 0.29) is 29.1 Å². The second kappa shape index (κ2) is 11.0. The molecule has 2 atom stereocenters. The van der Waals surface area contributed by atoms with Crippen LogP contribution in [0.4, 0.5) is 13.2 Å². The predicted molar refractivity (Wildman–Crippen MR) is 124 cm³/mol. The molecule has 1 N–H and O–H groups in total. The summed E-state index contributed by atoms with van der Waals surface area (Å²) in [5.74, 6) is -0.643. The lowest BCUT2D eigenvalue weighted by Gasteiger charge is -2.45. The van der Waals surface area contributed by atoms with E-state index < -0.39 is 23.2 Å². The van der Waals surface area contributed by atoms with E-state index in [1.807, 2.05) is 37.4 Å². The smallest absolute Gasteiger partial charge is 0.416 e. The van der Waals surface area contributed by atoms with Crippen LogP contribution in [0.1, 0.15) is 27.9 Å². The molecule has 0 unspecified atom stereocenters. The molecule has 1 amide bonds. The van der Waals surface area contributed by atoms with E-state index in [1.165, 1.54) is 7.11 Å². The normalized spacial score (nSPS) is 21.3. The van der Waals surface area contributed by atoms with Gasteiger partial charge >= 0.3 is 6.18 Å². The number of benzene rings is 2. The molecule has 10 heteroatoms. The fourth-order valence-corrected chi connectivity index (χ4v) is 5.02. The van der Waals surface area contributed by atoms with Gasteiger partial charge in [0.15, 0.2) is 0 Å². The third kappa shape index (κ3) is 5.86. The molecule has 3 rings (SSSR count). The molecular formula is C24H29F3N2O4S. The first-order chi connectivity index (χ1) is 16.1. The van der Waals surface area contributed by atoms with E-state index in [0.717, 1.165) is 29.5 Å². The monoisotopic (exact) mass is 498 g/mol. The molecule has 0 aliphatic carbocycles. The molecule has 2 aromatic carbocycles. The molecule has 0 radical (unpaired) electrons. The molecule has 1 aliphatic rings. The van der Waals surface area contributed by atoms with Gasteiger partial charge < -0.3 is 24.4 Å².